The molecule has 0 amide bonds. The first-order valence-electron chi connectivity index (χ1n) is 7.13. The highest BCUT2D eigenvalue weighted by molar-refractivity contribution is 5.98. The van der Waals surface area contributed by atoms with E-state index < -0.39 is 6.29 Å². The molecule has 0 unspecified atom stereocenters. The Morgan fingerprint density at radius 3 is 2.16 bits per heavy atom. The van der Waals surface area contributed by atoms with Gasteiger partial charge in [0.2, 0.25) is 12.1 Å². The topological polar surface area (TPSA) is 35.5 Å². The van der Waals surface area contributed by atoms with E-state index in [2.05, 4.69) is 12.1 Å². The lowest BCUT2D eigenvalue weighted by Gasteiger charge is -2.25. The van der Waals surface area contributed by atoms with Gasteiger partial charge in [-0.05, 0) is 38.2 Å². The maximum Gasteiger partial charge on any atom is 0.222 e. The summed E-state index contributed by atoms with van der Waals surface area (Å²) in [6.45, 7) is 4.66. The number of ether oxygens (including phenoxy) is 2. The van der Waals surface area contributed by atoms with Crippen molar-refractivity contribution in [2.75, 3.05) is 13.2 Å². The molecule has 1 fully saturated rings. The van der Waals surface area contributed by atoms with Gasteiger partial charge in [-0.25, -0.2) is 0 Å². The van der Waals surface area contributed by atoms with Gasteiger partial charge in [0, 0.05) is 18.8 Å². The molecule has 0 radical (unpaired) electrons. The van der Waals surface area contributed by atoms with E-state index in [9.17, 15) is 4.79 Å². The summed E-state index contributed by atoms with van der Waals surface area (Å²) in [4.78, 5) is 12.2. The quantitative estimate of drug-likeness (QED) is 0.557. The van der Waals surface area contributed by atoms with E-state index in [0.29, 0.717) is 24.7 Å². The van der Waals surface area contributed by atoms with Crippen molar-refractivity contribution in [1.29, 1.82) is 0 Å². The molecule has 0 N–H and O–H groups in total. The molecule has 0 atom stereocenters. The molecule has 3 nitrogen and oxygen atoms in total. The number of hydrogen-bond donors (Lipinski definition) is 0. The summed E-state index contributed by atoms with van der Waals surface area (Å²) in [7, 11) is 0. The summed E-state index contributed by atoms with van der Waals surface area (Å²) in [5, 5.41) is 0. The molecular formula is C16H22O3. The zero-order valence-corrected chi connectivity index (χ0v) is 11.7. The molecule has 3 heteroatoms. The maximum absolute atomic E-state index is 12.2. The average molecular weight is 262 g/mol. The molecule has 104 valence electrons. The second kappa shape index (κ2) is 6.83. The second-order valence-electron chi connectivity index (χ2n) is 4.86. The normalized spacial score (nSPS) is 15.5. The van der Waals surface area contributed by atoms with Crippen molar-refractivity contribution in [3.63, 3.8) is 0 Å². The van der Waals surface area contributed by atoms with Crippen LogP contribution in [0.1, 0.15) is 54.9 Å². The predicted molar refractivity (Wildman–Crippen MR) is 74.4 cm³/mol. The average Bonchev–Trinajstić information content (AvgIpc) is 2.37. The maximum atomic E-state index is 12.2. The summed E-state index contributed by atoms with van der Waals surface area (Å²) in [6.07, 6.45) is 3.09. The molecule has 0 heterocycles. The molecule has 0 saturated heterocycles. The van der Waals surface area contributed by atoms with Crippen LogP contribution in [0.4, 0.5) is 0 Å². The Balaban J connectivity index is 2.04. The Bertz CT molecular complexity index is 401. The fourth-order valence-corrected chi connectivity index (χ4v) is 2.30. The van der Waals surface area contributed by atoms with Crippen LogP contribution in [-0.4, -0.2) is 25.3 Å². The molecule has 19 heavy (non-hydrogen) atoms. The van der Waals surface area contributed by atoms with Crippen molar-refractivity contribution in [3.05, 3.63) is 35.4 Å². The first-order valence-corrected chi connectivity index (χ1v) is 7.13. The van der Waals surface area contributed by atoms with Crippen LogP contribution in [0.3, 0.4) is 0 Å². The van der Waals surface area contributed by atoms with Crippen LogP contribution < -0.4 is 0 Å². The second-order valence-corrected chi connectivity index (χ2v) is 4.86. The number of carbonyl (C=O) groups is 1. The molecule has 1 saturated carbocycles. The molecule has 0 aromatic heterocycles. The number of carbonyl (C=O) groups excluding carboxylic acids is 1. The number of rotatable bonds is 7. The van der Waals surface area contributed by atoms with Gasteiger partial charge < -0.3 is 9.47 Å². The fourth-order valence-electron chi connectivity index (χ4n) is 2.30. The van der Waals surface area contributed by atoms with Crippen molar-refractivity contribution in [2.45, 2.75) is 45.3 Å². The van der Waals surface area contributed by atoms with Crippen LogP contribution in [0.15, 0.2) is 24.3 Å². The summed E-state index contributed by atoms with van der Waals surface area (Å²) in [5.74, 6) is 0.600. The third kappa shape index (κ3) is 3.43. The van der Waals surface area contributed by atoms with Gasteiger partial charge in [-0.15, -0.1) is 0 Å². The van der Waals surface area contributed by atoms with Crippen LogP contribution in [0.5, 0.6) is 0 Å². The lowest BCUT2D eigenvalue weighted by molar-refractivity contribution is -0.107. The summed E-state index contributed by atoms with van der Waals surface area (Å²) < 4.78 is 10.7. The van der Waals surface area contributed by atoms with E-state index in [1.54, 1.807) is 0 Å². The van der Waals surface area contributed by atoms with Crippen LogP contribution in [0.2, 0.25) is 0 Å². The van der Waals surface area contributed by atoms with Gasteiger partial charge in [-0.1, -0.05) is 30.7 Å². The van der Waals surface area contributed by atoms with Crippen molar-refractivity contribution >= 4 is 5.78 Å². The fraction of sp³-hybridized carbons (Fsp3) is 0.562. The van der Waals surface area contributed by atoms with Gasteiger partial charge in [0.15, 0.2) is 0 Å². The zero-order valence-electron chi connectivity index (χ0n) is 11.7. The zero-order chi connectivity index (χ0) is 13.7. The van der Waals surface area contributed by atoms with Crippen molar-refractivity contribution in [2.24, 2.45) is 0 Å². The van der Waals surface area contributed by atoms with Gasteiger partial charge in [-0.3, -0.25) is 4.79 Å². The van der Waals surface area contributed by atoms with Crippen LogP contribution >= 0.6 is 0 Å². The molecular weight excluding hydrogens is 240 g/mol. The van der Waals surface area contributed by atoms with Crippen molar-refractivity contribution < 1.29 is 14.3 Å². The highest BCUT2D eigenvalue weighted by Crippen LogP contribution is 2.36. The van der Waals surface area contributed by atoms with Gasteiger partial charge >= 0.3 is 0 Å². The van der Waals surface area contributed by atoms with Crippen LogP contribution in [0.25, 0.3) is 0 Å². The molecule has 2 rings (SSSR count). The number of benzene rings is 1. The van der Waals surface area contributed by atoms with Gasteiger partial charge in [0.05, 0.1) is 0 Å². The first kappa shape index (κ1) is 14.2. The van der Waals surface area contributed by atoms with Crippen molar-refractivity contribution in [1.82, 2.24) is 0 Å². The lowest BCUT2D eigenvalue weighted by Crippen LogP contribution is -2.27. The highest BCUT2D eigenvalue weighted by atomic mass is 16.7. The van der Waals surface area contributed by atoms with E-state index in [-0.39, 0.29) is 5.78 Å². The summed E-state index contributed by atoms with van der Waals surface area (Å²) in [6, 6.07) is 7.90. The van der Waals surface area contributed by atoms with Crippen LogP contribution in [0, 0.1) is 0 Å². The lowest BCUT2D eigenvalue weighted by atomic mass is 9.80. The van der Waals surface area contributed by atoms with Crippen LogP contribution in [-0.2, 0) is 9.47 Å². The van der Waals surface area contributed by atoms with E-state index in [0.717, 1.165) is 0 Å². The largest absolute Gasteiger partial charge is 0.346 e. The molecule has 1 aliphatic carbocycles. The first-order chi connectivity index (χ1) is 9.26. The smallest absolute Gasteiger partial charge is 0.222 e. The number of hydrogen-bond acceptors (Lipinski definition) is 3. The minimum absolute atomic E-state index is 0.0936. The molecule has 0 aliphatic heterocycles. The molecule has 0 bridgehead atoms. The Kier molecular flexibility index (Phi) is 5.11. The Hall–Kier alpha value is -1.19. The highest BCUT2D eigenvalue weighted by Gasteiger charge is 2.22. The van der Waals surface area contributed by atoms with Crippen molar-refractivity contribution in [3.8, 4) is 0 Å². The molecule has 1 aliphatic rings. The third-order valence-electron chi connectivity index (χ3n) is 3.62. The van der Waals surface area contributed by atoms with Gasteiger partial charge in [-0.2, -0.15) is 0 Å². The molecule has 0 spiro atoms. The third-order valence-corrected chi connectivity index (χ3v) is 3.62. The Morgan fingerprint density at radius 2 is 1.74 bits per heavy atom. The van der Waals surface area contributed by atoms with E-state index in [1.807, 2.05) is 26.0 Å². The number of Topliss-reactive ketones (excluding diaryl/α,β-unsaturated/α-hetero) is 1. The predicted octanol–water partition coefficient (Wildman–Crippen LogP) is 3.54. The molecule has 1 aromatic rings. The Morgan fingerprint density at radius 1 is 1.16 bits per heavy atom. The van der Waals surface area contributed by atoms with E-state index in [1.165, 1.54) is 24.8 Å². The SMILES string of the molecule is CCOC(OCC)C(=O)c1ccc(C2CCC2)cc1. The summed E-state index contributed by atoms with van der Waals surface area (Å²) in [5.41, 5.74) is 2.00. The number of ketones is 1. The minimum Gasteiger partial charge on any atom is -0.346 e. The van der Waals surface area contributed by atoms with Gasteiger partial charge in [0.1, 0.15) is 0 Å². The van der Waals surface area contributed by atoms with E-state index in [4.69, 9.17) is 9.47 Å². The Labute approximate surface area is 114 Å². The molecule has 1 aromatic carbocycles. The minimum atomic E-state index is -0.774. The summed E-state index contributed by atoms with van der Waals surface area (Å²) >= 11 is 0. The van der Waals surface area contributed by atoms with Gasteiger partial charge in [0.25, 0.3) is 0 Å². The van der Waals surface area contributed by atoms with E-state index >= 15 is 0 Å². The standard InChI is InChI=1S/C16H22O3/c1-3-18-16(19-4-2)15(17)14-10-8-13(9-11-14)12-6-5-7-12/h8-12,16H,3-7H2,1-2H3. The monoisotopic (exact) mass is 262 g/mol.